The van der Waals surface area contributed by atoms with E-state index >= 15 is 0 Å². The fourth-order valence-corrected chi connectivity index (χ4v) is 5.65. The first kappa shape index (κ1) is 19.2. The molecular formula is C25H26Cl2N2. The summed E-state index contributed by atoms with van der Waals surface area (Å²) < 4.78 is 0. The Kier molecular flexibility index (Phi) is 5.43. The van der Waals surface area contributed by atoms with E-state index in [9.17, 15) is 0 Å². The Morgan fingerprint density at radius 3 is 2.41 bits per heavy atom. The maximum absolute atomic E-state index is 6.46. The number of allylic oxidation sites excluding steroid dienone is 2. The maximum atomic E-state index is 6.46. The first-order valence-corrected chi connectivity index (χ1v) is 11.3. The van der Waals surface area contributed by atoms with Gasteiger partial charge in [0.1, 0.15) is 0 Å². The molecule has 1 fully saturated rings. The SMILES string of the molecule is ClC1=CC=CN(N2CCC(C3c4ccccc4CCc4ccc(Cl)cc43)CC2)C1. The van der Waals surface area contributed by atoms with Gasteiger partial charge in [0.05, 0.1) is 6.54 Å². The molecule has 1 saturated heterocycles. The predicted octanol–water partition coefficient (Wildman–Crippen LogP) is 6.15. The van der Waals surface area contributed by atoms with Crippen LogP contribution in [-0.4, -0.2) is 29.7 Å². The standard InChI is InChI=1S/C25H26Cl2N2/c26-21-10-9-19-8-7-18-4-1-2-6-23(18)25(24(19)16-21)20-11-14-28(15-12-20)29-13-3-5-22(27)17-29/h1-6,9-10,13,16,20,25H,7-8,11-12,14-15,17H2. The van der Waals surface area contributed by atoms with E-state index in [0.717, 1.165) is 42.5 Å². The van der Waals surface area contributed by atoms with Gasteiger partial charge in [0, 0.05) is 35.3 Å². The van der Waals surface area contributed by atoms with Gasteiger partial charge in [0.2, 0.25) is 0 Å². The van der Waals surface area contributed by atoms with E-state index in [-0.39, 0.29) is 0 Å². The number of aryl methyl sites for hydroxylation is 2. The van der Waals surface area contributed by atoms with Crippen LogP contribution in [0, 0.1) is 5.92 Å². The average Bonchev–Trinajstić information content (AvgIpc) is 2.90. The van der Waals surface area contributed by atoms with Crippen molar-refractivity contribution in [1.82, 2.24) is 10.0 Å². The first-order chi connectivity index (χ1) is 14.2. The van der Waals surface area contributed by atoms with Crippen LogP contribution in [0.2, 0.25) is 5.02 Å². The van der Waals surface area contributed by atoms with Gasteiger partial charge in [-0.25, -0.2) is 5.01 Å². The third-order valence-corrected chi connectivity index (χ3v) is 7.18. The Morgan fingerprint density at radius 1 is 0.862 bits per heavy atom. The quantitative estimate of drug-likeness (QED) is 0.570. The van der Waals surface area contributed by atoms with Crippen LogP contribution in [0.15, 0.2) is 65.8 Å². The molecule has 0 spiro atoms. The lowest BCUT2D eigenvalue weighted by Crippen LogP contribution is -2.46. The van der Waals surface area contributed by atoms with Gasteiger partial charge in [0.25, 0.3) is 0 Å². The highest BCUT2D eigenvalue weighted by atomic mass is 35.5. The number of nitrogens with zero attached hydrogens (tertiary/aromatic N) is 2. The normalized spacial score (nSPS) is 22.6. The molecule has 2 heterocycles. The number of fused-ring (bicyclic) bond motifs is 2. The fourth-order valence-electron chi connectivity index (χ4n) is 5.27. The van der Waals surface area contributed by atoms with Crippen LogP contribution >= 0.6 is 23.2 Å². The number of hydrogen-bond acceptors (Lipinski definition) is 2. The molecule has 2 nitrogen and oxygen atoms in total. The summed E-state index contributed by atoms with van der Waals surface area (Å²) >= 11 is 12.7. The average molecular weight is 425 g/mol. The van der Waals surface area contributed by atoms with Gasteiger partial charge < -0.3 is 5.01 Å². The number of hydrogen-bond donors (Lipinski definition) is 0. The van der Waals surface area contributed by atoms with E-state index in [4.69, 9.17) is 23.2 Å². The highest BCUT2D eigenvalue weighted by Crippen LogP contribution is 2.44. The van der Waals surface area contributed by atoms with Gasteiger partial charge in [-0.1, -0.05) is 53.5 Å². The molecule has 5 rings (SSSR count). The molecular weight excluding hydrogens is 399 g/mol. The molecule has 0 bridgehead atoms. The smallest absolute Gasteiger partial charge is 0.0697 e. The summed E-state index contributed by atoms with van der Waals surface area (Å²) in [4.78, 5) is 0. The lowest BCUT2D eigenvalue weighted by Gasteiger charge is -2.42. The monoisotopic (exact) mass is 424 g/mol. The van der Waals surface area contributed by atoms with Crippen molar-refractivity contribution in [2.24, 2.45) is 5.92 Å². The molecule has 1 atom stereocenters. The molecule has 2 aromatic rings. The molecule has 0 N–H and O–H groups in total. The molecule has 3 aliphatic rings. The zero-order valence-electron chi connectivity index (χ0n) is 16.5. The maximum Gasteiger partial charge on any atom is 0.0697 e. The lowest BCUT2D eigenvalue weighted by atomic mass is 9.75. The van der Waals surface area contributed by atoms with Crippen molar-refractivity contribution in [2.45, 2.75) is 31.6 Å². The Labute approximate surface area is 183 Å². The van der Waals surface area contributed by atoms with Crippen LogP contribution in [0.5, 0.6) is 0 Å². The number of piperidine rings is 1. The predicted molar refractivity (Wildman–Crippen MR) is 121 cm³/mol. The summed E-state index contributed by atoms with van der Waals surface area (Å²) in [5.41, 5.74) is 5.93. The summed E-state index contributed by atoms with van der Waals surface area (Å²) in [6, 6.07) is 15.6. The van der Waals surface area contributed by atoms with Crippen LogP contribution in [-0.2, 0) is 12.8 Å². The van der Waals surface area contributed by atoms with Crippen LogP contribution < -0.4 is 0 Å². The second-order valence-electron chi connectivity index (χ2n) is 8.36. The second-order valence-corrected chi connectivity index (χ2v) is 9.29. The molecule has 0 amide bonds. The molecule has 0 radical (unpaired) electrons. The van der Waals surface area contributed by atoms with E-state index < -0.39 is 0 Å². The van der Waals surface area contributed by atoms with Crippen molar-refractivity contribution in [3.8, 4) is 0 Å². The minimum Gasteiger partial charge on any atom is -0.308 e. The number of halogens is 2. The van der Waals surface area contributed by atoms with Gasteiger partial charge in [0.15, 0.2) is 0 Å². The van der Waals surface area contributed by atoms with Crippen LogP contribution in [0.3, 0.4) is 0 Å². The highest BCUT2D eigenvalue weighted by Gasteiger charge is 2.34. The van der Waals surface area contributed by atoms with Crippen LogP contribution in [0.25, 0.3) is 0 Å². The molecule has 1 aliphatic carbocycles. The molecule has 150 valence electrons. The van der Waals surface area contributed by atoms with Gasteiger partial charge in [-0.15, -0.1) is 0 Å². The van der Waals surface area contributed by atoms with Crippen molar-refractivity contribution in [2.75, 3.05) is 19.6 Å². The number of benzene rings is 2. The van der Waals surface area contributed by atoms with Gasteiger partial charge in [-0.3, -0.25) is 0 Å². The third-order valence-electron chi connectivity index (χ3n) is 6.70. The number of hydrazine groups is 1. The summed E-state index contributed by atoms with van der Waals surface area (Å²) in [6.45, 7) is 2.91. The molecule has 2 aromatic carbocycles. The number of rotatable bonds is 2. The van der Waals surface area contributed by atoms with Gasteiger partial charge >= 0.3 is 0 Å². The summed E-state index contributed by atoms with van der Waals surface area (Å²) in [6.07, 6.45) is 10.7. The van der Waals surface area contributed by atoms with Crippen molar-refractivity contribution in [3.63, 3.8) is 0 Å². The molecule has 4 heteroatoms. The van der Waals surface area contributed by atoms with Crippen LogP contribution in [0.1, 0.15) is 41.0 Å². The molecule has 0 saturated carbocycles. The molecule has 1 unspecified atom stereocenters. The van der Waals surface area contributed by atoms with Crippen molar-refractivity contribution >= 4 is 23.2 Å². The van der Waals surface area contributed by atoms with E-state index in [1.165, 1.54) is 35.1 Å². The van der Waals surface area contributed by atoms with Gasteiger partial charge in [-0.2, -0.15) is 0 Å². The van der Waals surface area contributed by atoms with Crippen molar-refractivity contribution < 1.29 is 0 Å². The molecule has 2 aliphatic heterocycles. The largest absolute Gasteiger partial charge is 0.308 e. The van der Waals surface area contributed by atoms with Crippen molar-refractivity contribution in [1.29, 1.82) is 0 Å². The van der Waals surface area contributed by atoms with E-state index in [2.05, 4.69) is 58.7 Å². The molecule has 29 heavy (non-hydrogen) atoms. The minimum atomic E-state index is 0.435. The summed E-state index contributed by atoms with van der Waals surface area (Å²) in [7, 11) is 0. The summed E-state index contributed by atoms with van der Waals surface area (Å²) in [5.74, 6) is 1.06. The zero-order chi connectivity index (χ0) is 19.8. The third kappa shape index (κ3) is 3.86. The Bertz CT molecular complexity index is 957. The summed E-state index contributed by atoms with van der Waals surface area (Å²) in [5, 5.41) is 6.47. The Hall–Kier alpha value is -1.74. The second kappa shape index (κ2) is 8.18. The Balaban J connectivity index is 1.43. The van der Waals surface area contributed by atoms with E-state index in [1.54, 1.807) is 0 Å². The zero-order valence-corrected chi connectivity index (χ0v) is 18.0. The molecule has 0 aromatic heterocycles. The lowest BCUT2D eigenvalue weighted by molar-refractivity contribution is -0.00411. The van der Waals surface area contributed by atoms with Crippen LogP contribution in [0.4, 0.5) is 0 Å². The first-order valence-electron chi connectivity index (χ1n) is 10.6. The Morgan fingerprint density at radius 2 is 1.62 bits per heavy atom. The highest BCUT2D eigenvalue weighted by molar-refractivity contribution is 6.30. The van der Waals surface area contributed by atoms with E-state index in [1.807, 2.05) is 12.2 Å². The van der Waals surface area contributed by atoms with Gasteiger partial charge in [-0.05, 0) is 78.1 Å². The van der Waals surface area contributed by atoms with E-state index in [0.29, 0.717) is 11.8 Å². The minimum absolute atomic E-state index is 0.435. The fraction of sp³-hybridized carbons (Fsp3) is 0.360. The topological polar surface area (TPSA) is 6.48 Å². The van der Waals surface area contributed by atoms with Crippen molar-refractivity contribution in [3.05, 3.63) is 93.1 Å².